The Hall–Kier alpha value is -0.570. The van der Waals surface area contributed by atoms with Gasteiger partial charge in [-0.25, -0.2) is 0 Å². The Balaban J connectivity index is 0.000000148. The average molecular weight is 130 g/mol. The first-order valence-corrected chi connectivity index (χ1v) is 3.14. The van der Waals surface area contributed by atoms with Gasteiger partial charge in [0.2, 0.25) is 0 Å². The Bertz CT molecular complexity index is 72.4. The van der Waals surface area contributed by atoms with Gasteiger partial charge in [-0.05, 0) is 5.92 Å². The largest absolute Gasteiger partial charge is 0.300 e. The van der Waals surface area contributed by atoms with Gasteiger partial charge in [-0.3, -0.25) is 4.94 Å². The van der Waals surface area contributed by atoms with Crippen molar-refractivity contribution in [1.82, 2.24) is 5.48 Å². The molecule has 0 fully saturated rings. The number of hydrogen-bond donors (Lipinski definition) is 1. The molecule has 0 saturated carbocycles. The summed E-state index contributed by atoms with van der Waals surface area (Å²) in [5, 5.41) is 3.35. The molecule has 1 heterocycles. The van der Waals surface area contributed by atoms with E-state index >= 15 is 0 Å². The van der Waals surface area contributed by atoms with E-state index in [1.54, 1.807) is 6.21 Å². The zero-order chi connectivity index (χ0) is 7.11. The molecule has 0 aromatic carbocycles. The fraction of sp³-hybridized carbons (Fsp3) is 0.833. The molecule has 1 N–H and O–H groups in total. The number of oxime groups is 1. The summed E-state index contributed by atoms with van der Waals surface area (Å²) >= 11 is 0. The Morgan fingerprint density at radius 3 is 2.22 bits per heavy atom. The van der Waals surface area contributed by atoms with E-state index in [4.69, 9.17) is 0 Å². The fourth-order valence-electron chi connectivity index (χ4n) is 0.186. The maximum Gasteiger partial charge on any atom is 0.0729 e. The molecule has 3 heteroatoms. The van der Waals surface area contributed by atoms with Gasteiger partial charge in [-0.1, -0.05) is 25.9 Å². The van der Waals surface area contributed by atoms with Gasteiger partial charge in [0.25, 0.3) is 0 Å². The van der Waals surface area contributed by atoms with Gasteiger partial charge in [-0.2, -0.15) is 0 Å². The van der Waals surface area contributed by atoms with Crippen molar-refractivity contribution in [2.45, 2.75) is 20.8 Å². The van der Waals surface area contributed by atoms with Crippen LogP contribution < -0.4 is 5.48 Å². The van der Waals surface area contributed by atoms with Crippen LogP contribution in [0, 0.1) is 5.92 Å². The van der Waals surface area contributed by atoms with Crippen molar-refractivity contribution in [3.8, 4) is 0 Å². The molecule has 0 aromatic heterocycles. The minimum absolute atomic E-state index is 0.736. The molecule has 0 unspecified atom stereocenters. The maximum atomic E-state index is 4.26. The van der Waals surface area contributed by atoms with Crippen LogP contribution in [0.25, 0.3) is 0 Å². The van der Waals surface area contributed by atoms with Crippen molar-refractivity contribution in [1.29, 1.82) is 0 Å². The van der Waals surface area contributed by atoms with E-state index in [1.807, 2.05) is 0 Å². The molecular formula is C6H14N2O. The minimum Gasteiger partial charge on any atom is -0.300 e. The predicted octanol–water partition coefficient (Wildman–Crippen LogP) is 1.17. The third-order valence-electron chi connectivity index (χ3n) is 0.366. The van der Waals surface area contributed by atoms with Crippen molar-refractivity contribution in [2.75, 3.05) is 6.54 Å². The summed E-state index contributed by atoms with van der Waals surface area (Å²) in [4.78, 5) is 4.26. The molecule has 54 valence electrons. The number of hydrogen-bond acceptors (Lipinski definition) is 3. The number of nitrogens with one attached hydrogen (secondary N) is 1. The maximum absolute atomic E-state index is 4.26. The number of rotatable bonds is 0. The van der Waals surface area contributed by atoms with Crippen LogP contribution >= 0.6 is 0 Å². The van der Waals surface area contributed by atoms with Gasteiger partial charge in [0.1, 0.15) is 0 Å². The second-order valence-electron chi connectivity index (χ2n) is 2.46. The van der Waals surface area contributed by atoms with Crippen LogP contribution in [0.5, 0.6) is 0 Å². The Kier molecular flexibility index (Phi) is 5.21. The van der Waals surface area contributed by atoms with E-state index in [9.17, 15) is 0 Å². The molecule has 0 saturated heterocycles. The standard InChI is InChI=1S/C4H10.C2H4N2O/c1-4(2)3;1-2-4-5-3-1/h4H,1-3H3;1,4H,2H2. The van der Waals surface area contributed by atoms with Crippen LogP contribution in [0.15, 0.2) is 5.16 Å². The van der Waals surface area contributed by atoms with Crippen LogP contribution in [0.2, 0.25) is 0 Å². The van der Waals surface area contributed by atoms with Gasteiger partial charge in [0.15, 0.2) is 0 Å². The normalized spacial score (nSPS) is 14.7. The average Bonchev–Trinajstić information content (AvgIpc) is 2.11. The summed E-state index contributed by atoms with van der Waals surface area (Å²) in [7, 11) is 0. The van der Waals surface area contributed by atoms with Crippen molar-refractivity contribution >= 4 is 6.21 Å². The number of nitrogens with zero attached hydrogens (tertiary/aromatic N) is 1. The van der Waals surface area contributed by atoms with E-state index in [0.717, 1.165) is 12.5 Å². The highest BCUT2D eigenvalue weighted by Gasteiger charge is 1.83. The van der Waals surface area contributed by atoms with Gasteiger partial charge in [0.05, 0.1) is 12.8 Å². The summed E-state index contributed by atoms with van der Waals surface area (Å²) in [6, 6.07) is 0. The second kappa shape index (κ2) is 5.56. The number of hydroxylamine groups is 1. The topological polar surface area (TPSA) is 33.6 Å². The van der Waals surface area contributed by atoms with E-state index in [2.05, 4.69) is 36.3 Å². The summed E-state index contributed by atoms with van der Waals surface area (Å²) < 4.78 is 0. The highest BCUT2D eigenvalue weighted by Crippen LogP contribution is 1.81. The van der Waals surface area contributed by atoms with Crippen LogP contribution in [0.3, 0.4) is 0 Å². The molecule has 0 atom stereocenters. The third-order valence-corrected chi connectivity index (χ3v) is 0.366. The SMILES string of the molecule is C1=NONC1.CC(C)C. The van der Waals surface area contributed by atoms with E-state index < -0.39 is 0 Å². The lowest BCUT2D eigenvalue weighted by Crippen LogP contribution is -2.04. The summed E-state index contributed by atoms with van der Waals surface area (Å²) in [5.41, 5.74) is 2.50. The first-order valence-electron chi connectivity index (χ1n) is 3.14. The summed E-state index contributed by atoms with van der Waals surface area (Å²) in [6.45, 7) is 7.24. The molecule has 1 aliphatic rings. The molecule has 0 radical (unpaired) electrons. The lowest BCUT2D eigenvalue weighted by Gasteiger charge is -1.79. The molecule has 1 rings (SSSR count). The molecule has 9 heavy (non-hydrogen) atoms. The fourth-order valence-corrected chi connectivity index (χ4v) is 0.186. The first-order chi connectivity index (χ1) is 4.23. The monoisotopic (exact) mass is 130 g/mol. The quantitative estimate of drug-likeness (QED) is 0.534. The lowest BCUT2D eigenvalue weighted by atomic mass is 10.3. The van der Waals surface area contributed by atoms with Crippen LogP contribution in [0.1, 0.15) is 20.8 Å². The highest BCUT2D eigenvalue weighted by molar-refractivity contribution is 5.59. The van der Waals surface area contributed by atoms with Gasteiger partial charge >= 0.3 is 0 Å². The lowest BCUT2D eigenvalue weighted by molar-refractivity contribution is 0.0777. The third kappa shape index (κ3) is 11.2. The van der Waals surface area contributed by atoms with Gasteiger partial charge < -0.3 is 0 Å². The van der Waals surface area contributed by atoms with Crippen LogP contribution in [-0.4, -0.2) is 12.8 Å². The molecule has 0 spiro atoms. The predicted molar refractivity (Wildman–Crippen MR) is 38.1 cm³/mol. The van der Waals surface area contributed by atoms with Crippen LogP contribution in [0.4, 0.5) is 0 Å². The molecular weight excluding hydrogens is 116 g/mol. The second-order valence-corrected chi connectivity index (χ2v) is 2.46. The smallest absolute Gasteiger partial charge is 0.0729 e. The zero-order valence-corrected chi connectivity index (χ0v) is 6.22. The van der Waals surface area contributed by atoms with Crippen molar-refractivity contribution in [3.63, 3.8) is 0 Å². The highest BCUT2D eigenvalue weighted by atomic mass is 16.8. The van der Waals surface area contributed by atoms with E-state index in [-0.39, 0.29) is 0 Å². The summed E-state index contributed by atoms with van der Waals surface area (Å²) in [5.74, 6) is 0.833. The zero-order valence-electron chi connectivity index (χ0n) is 6.22. The van der Waals surface area contributed by atoms with Gasteiger partial charge in [0, 0.05) is 0 Å². The minimum atomic E-state index is 0.736. The molecule has 1 aliphatic heterocycles. The molecule has 0 bridgehead atoms. The Morgan fingerprint density at radius 1 is 1.56 bits per heavy atom. The van der Waals surface area contributed by atoms with Crippen molar-refractivity contribution in [3.05, 3.63) is 0 Å². The van der Waals surface area contributed by atoms with E-state index in [0.29, 0.717) is 0 Å². The first kappa shape index (κ1) is 8.43. The molecule has 0 amide bonds. The van der Waals surface area contributed by atoms with Crippen molar-refractivity contribution < 1.29 is 4.94 Å². The molecule has 0 aliphatic carbocycles. The molecule has 0 aromatic rings. The summed E-state index contributed by atoms with van der Waals surface area (Å²) in [6.07, 6.45) is 1.65. The Labute approximate surface area is 56.0 Å². The van der Waals surface area contributed by atoms with Crippen LogP contribution in [-0.2, 0) is 4.94 Å². The van der Waals surface area contributed by atoms with Crippen molar-refractivity contribution in [2.24, 2.45) is 11.1 Å². The van der Waals surface area contributed by atoms with Gasteiger partial charge in [-0.15, -0.1) is 5.48 Å². The van der Waals surface area contributed by atoms with E-state index in [1.165, 1.54) is 0 Å². The Morgan fingerprint density at radius 2 is 2.11 bits per heavy atom. The molecule has 3 nitrogen and oxygen atoms in total.